The quantitative estimate of drug-likeness (QED) is 0.840. The van der Waals surface area contributed by atoms with Crippen LogP contribution in [0.3, 0.4) is 0 Å². The number of nitrogens with zero attached hydrogens (tertiary/aromatic N) is 3. The number of rotatable bonds is 5. The first-order valence-corrected chi connectivity index (χ1v) is 9.22. The van der Waals surface area contributed by atoms with Crippen LogP contribution in [0.15, 0.2) is 53.9 Å². The van der Waals surface area contributed by atoms with Crippen molar-refractivity contribution in [3.05, 3.63) is 65.1 Å². The van der Waals surface area contributed by atoms with Crippen LogP contribution in [0, 0.1) is 0 Å². The molecule has 1 atom stereocenters. The predicted octanol–water partition coefficient (Wildman–Crippen LogP) is 2.09. The number of methoxy groups -OCH3 is 2. The zero-order valence-electron chi connectivity index (χ0n) is 16.5. The molecule has 0 fully saturated rings. The van der Waals surface area contributed by atoms with Crippen LogP contribution in [0.25, 0.3) is 0 Å². The van der Waals surface area contributed by atoms with Gasteiger partial charge in [-0.05, 0) is 18.2 Å². The first-order chi connectivity index (χ1) is 14.0. The Morgan fingerprint density at radius 1 is 1.14 bits per heavy atom. The van der Waals surface area contributed by atoms with Crippen molar-refractivity contribution < 1.29 is 19.1 Å². The molecule has 0 aliphatic carbocycles. The van der Waals surface area contributed by atoms with E-state index < -0.39 is 6.04 Å². The number of hydrogen-bond acceptors (Lipinski definition) is 5. The normalized spacial score (nSPS) is 18.7. The number of carbonyl (C=O) groups excluding carboxylic acids is 2. The highest BCUT2D eigenvalue weighted by atomic mass is 16.5. The number of benzene rings is 1. The van der Waals surface area contributed by atoms with Crippen molar-refractivity contribution >= 4 is 11.9 Å². The van der Waals surface area contributed by atoms with Gasteiger partial charge in [0.15, 0.2) is 11.5 Å². The van der Waals surface area contributed by atoms with Crippen molar-refractivity contribution in [2.45, 2.75) is 12.6 Å². The smallest absolute Gasteiger partial charge is 0.322 e. The summed E-state index contributed by atoms with van der Waals surface area (Å²) in [4.78, 5) is 33.4. The summed E-state index contributed by atoms with van der Waals surface area (Å²) >= 11 is 0. The topological polar surface area (TPSA) is 84.0 Å². The van der Waals surface area contributed by atoms with Crippen molar-refractivity contribution in [1.29, 1.82) is 0 Å². The van der Waals surface area contributed by atoms with Gasteiger partial charge in [0.2, 0.25) is 0 Å². The minimum atomic E-state index is -0.625. The van der Waals surface area contributed by atoms with E-state index in [1.54, 1.807) is 31.3 Å². The van der Waals surface area contributed by atoms with Gasteiger partial charge in [-0.25, -0.2) is 4.79 Å². The predicted molar refractivity (Wildman–Crippen MR) is 105 cm³/mol. The Kier molecular flexibility index (Phi) is 4.84. The van der Waals surface area contributed by atoms with Crippen LogP contribution in [-0.4, -0.2) is 54.5 Å². The molecule has 8 heteroatoms. The summed E-state index contributed by atoms with van der Waals surface area (Å²) in [5, 5.41) is 2.93. The van der Waals surface area contributed by atoms with Crippen LogP contribution in [-0.2, 0) is 11.3 Å². The van der Waals surface area contributed by atoms with E-state index >= 15 is 0 Å². The summed E-state index contributed by atoms with van der Waals surface area (Å²) in [6.45, 7) is 0.716. The average Bonchev–Trinajstić information content (AvgIpc) is 3.07. The van der Waals surface area contributed by atoms with E-state index in [0.717, 1.165) is 5.69 Å². The van der Waals surface area contributed by atoms with Crippen LogP contribution >= 0.6 is 0 Å². The van der Waals surface area contributed by atoms with Gasteiger partial charge < -0.3 is 19.7 Å². The first kappa shape index (κ1) is 18.8. The van der Waals surface area contributed by atoms with Gasteiger partial charge in [0, 0.05) is 18.8 Å². The zero-order chi connectivity index (χ0) is 20.5. The maximum atomic E-state index is 13.3. The van der Waals surface area contributed by atoms with Gasteiger partial charge in [0.1, 0.15) is 0 Å². The first-order valence-electron chi connectivity index (χ1n) is 9.22. The van der Waals surface area contributed by atoms with Gasteiger partial charge in [-0.15, -0.1) is 0 Å². The fraction of sp³-hybridized carbons (Fsp3) is 0.286. The molecule has 150 valence electrons. The Balaban J connectivity index is 1.74. The number of urea groups is 1. The molecular formula is C21H22N4O4. The number of likely N-dealkylation sites (N-methyl/N-ethyl adjacent to an activating group) is 1. The Morgan fingerprint density at radius 3 is 2.66 bits per heavy atom. The highest BCUT2D eigenvalue weighted by Gasteiger charge is 2.44. The lowest BCUT2D eigenvalue weighted by Gasteiger charge is -2.31. The molecule has 8 nitrogen and oxygen atoms in total. The van der Waals surface area contributed by atoms with Crippen molar-refractivity contribution in [3.8, 4) is 11.5 Å². The third-order valence-corrected chi connectivity index (χ3v) is 5.26. The number of nitrogens with one attached hydrogen (secondary N) is 1. The fourth-order valence-corrected chi connectivity index (χ4v) is 3.81. The molecule has 1 aromatic carbocycles. The lowest BCUT2D eigenvalue weighted by Crippen LogP contribution is -2.45. The molecule has 0 saturated heterocycles. The Morgan fingerprint density at radius 2 is 1.97 bits per heavy atom. The standard InChI is InChI=1S/C21H22N4O4/c1-24-15-12-25(11-13-7-4-5-10-22-13)20(26)17(15)18(23-21(24)27)14-8-6-9-16(28-2)19(14)29-3/h4-10,18H,11-12H2,1-3H3,(H,23,27)/t18-/m1/s1. The van der Waals surface area contributed by atoms with Crippen LogP contribution < -0.4 is 14.8 Å². The maximum Gasteiger partial charge on any atom is 0.322 e. The highest BCUT2D eigenvalue weighted by Crippen LogP contribution is 2.42. The largest absolute Gasteiger partial charge is 0.493 e. The molecule has 0 unspecified atom stereocenters. The lowest BCUT2D eigenvalue weighted by atomic mass is 9.94. The minimum Gasteiger partial charge on any atom is -0.493 e. The molecule has 0 spiro atoms. The van der Waals surface area contributed by atoms with Crippen molar-refractivity contribution in [2.75, 3.05) is 27.8 Å². The van der Waals surface area contributed by atoms with E-state index in [2.05, 4.69) is 10.3 Å². The number of hydrogen-bond donors (Lipinski definition) is 1. The summed E-state index contributed by atoms with van der Waals surface area (Å²) in [7, 11) is 4.76. The van der Waals surface area contributed by atoms with Gasteiger partial charge >= 0.3 is 6.03 Å². The number of pyridine rings is 1. The molecule has 4 rings (SSSR count). The van der Waals surface area contributed by atoms with Gasteiger partial charge in [0.25, 0.3) is 5.91 Å². The second-order valence-corrected chi connectivity index (χ2v) is 6.87. The lowest BCUT2D eigenvalue weighted by molar-refractivity contribution is -0.126. The third-order valence-electron chi connectivity index (χ3n) is 5.26. The summed E-state index contributed by atoms with van der Waals surface area (Å²) in [6, 6.07) is 10.1. The van der Waals surface area contributed by atoms with Crippen LogP contribution in [0.5, 0.6) is 11.5 Å². The molecule has 2 aliphatic heterocycles. The second-order valence-electron chi connectivity index (χ2n) is 6.87. The SMILES string of the molecule is COc1cccc([C@H]2NC(=O)N(C)C3=C2C(=O)N(Cc2ccccn2)C3)c1OC. The monoisotopic (exact) mass is 394 g/mol. The van der Waals surface area contributed by atoms with E-state index in [1.165, 1.54) is 12.0 Å². The molecule has 1 N–H and O–H groups in total. The second kappa shape index (κ2) is 7.46. The number of carbonyl (C=O) groups is 2. The summed E-state index contributed by atoms with van der Waals surface area (Å²) < 4.78 is 10.9. The molecule has 0 bridgehead atoms. The summed E-state index contributed by atoms with van der Waals surface area (Å²) in [5.74, 6) is 0.899. The zero-order valence-corrected chi connectivity index (χ0v) is 16.5. The van der Waals surface area contributed by atoms with E-state index in [9.17, 15) is 9.59 Å². The Labute approximate surface area is 168 Å². The van der Waals surface area contributed by atoms with Crippen LogP contribution in [0.4, 0.5) is 4.79 Å². The number of amides is 3. The Bertz CT molecular complexity index is 989. The summed E-state index contributed by atoms with van der Waals surface area (Å²) in [6.07, 6.45) is 1.70. The molecule has 3 amide bonds. The van der Waals surface area contributed by atoms with Gasteiger partial charge in [-0.3, -0.25) is 14.7 Å². The van der Waals surface area contributed by atoms with Gasteiger partial charge in [-0.2, -0.15) is 0 Å². The molecular weight excluding hydrogens is 372 g/mol. The molecule has 2 aromatic rings. The van der Waals surface area contributed by atoms with Crippen LogP contribution in [0.1, 0.15) is 17.3 Å². The third kappa shape index (κ3) is 3.16. The van der Waals surface area contributed by atoms with E-state index in [-0.39, 0.29) is 11.9 Å². The maximum absolute atomic E-state index is 13.3. The number of ether oxygens (including phenoxy) is 2. The van der Waals surface area contributed by atoms with E-state index in [0.29, 0.717) is 41.4 Å². The van der Waals surface area contributed by atoms with Gasteiger partial charge in [-0.1, -0.05) is 18.2 Å². The molecule has 0 radical (unpaired) electrons. The van der Waals surface area contributed by atoms with Crippen molar-refractivity contribution in [3.63, 3.8) is 0 Å². The van der Waals surface area contributed by atoms with Crippen molar-refractivity contribution in [1.82, 2.24) is 20.1 Å². The van der Waals surface area contributed by atoms with Crippen molar-refractivity contribution in [2.24, 2.45) is 0 Å². The fourth-order valence-electron chi connectivity index (χ4n) is 3.81. The number of para-hydroxylation sites is 1. The molecule has 2 aliphatic rings. The summed E-state index contributed by atoms with van der Waals surface area (Å²) in [5.41, 5.74) is 2.69. The molecule has 29 heavy (non-hydrogen) atoms. The van der Waals surface area contributed by atoms with E-state index in [1.807, 2.05) is 30.3 Å². The molecule has 0 saturated carbocycles. The molecule has 1 aromatic heterocycles. The highest BCUT2D eigenvalue weighted by molar-refractivity contribution is 6.01. The minimum absolute atomic E-state index is 0.132. The number of aromatic nitrogens is 1. The van der Waals surface area contributed by atoms with Crippen LogP contribution in [0.2, 0.25) is 0 Å². The average molecular weight is 394 g/mol. The molecule has 3 heterocycles. The van der Waals surface area contributed by atoms with E-state index in [4.69, 9.17) is 9.47 Å². The Hall–Kier alpha value is -3.55. The van der Waals surface area contributed by atoms with Gasteiger partial charge in [0.05, 0.1) is 50.3 Å².